The number of amides is 1. The lowest BCUT2D eigenvalue weighted by atomic mass is 10.0. The Morgan fingerprint density at radius 2 is 2.00 bits per heavy atom. The van der Waals surface area contributed by atoms with Crippen LogP contribution >= 0.6 is 12.4 Å². The first kappa shape index (κ1) is 17.2. The van der Waals surface area contributed by atoms with Gasteiger partial charge >= 0.3 is 5.97 Å². The third kappa shape index (κ3) is 4.79. The Morgan fingerprint density at radius 1 is 1.37 bits per heavy atom. The normalized spacial score (nSPS) is 10.3. The largest absolute Gasteiger partial charge is 0.464 e. The van der Waals surface area contributed by atoms with Gasteiger partial charge in [0.05, 0.1) is 6.61 Å². The maximum Gasteiger partial charge on any atom is 0.331 e. The first-order valence-corrected chi connectivity index (χ1v) is 5.72. The van der Waals surface area contributed by atoms with Gasteiger partial charge in [-0.2, -0.15) is 0 Å². The summed E-state index contributed by atoms with van der Waals surface area (Å²) in [5, 5.41) is 2.62. The number of benzene rings is 1. The molecule has 0 unspecified atom stereocenters. The molecule has 1 aromatic rings. The standard InChI is InChI=1S/C13H18N2O3.ClH/c1-4-18-12(17)13(2,3)15-11(16)9-6-5-7-10(14)8-9;/h5-8H,4,14H2,1-3H3,(H,15,16);1H. The number of nitrogen functional groups attached to an aromatic ring is 1. The summed E-state index contributed by atoms with van der Waals surface area (Å²) in [6.07, 6.45) is 0. The summed E-state index contributed by atoms with van der Waals surface area (Å²) in [5.74, 6) is -0.831. The maximum absolute atomic E-state index is 11.9. The van der Waals surface area contributed by atoms with E-state index in [1.807, 2.05) is 0 Å². The molecule has 0 spiro atoms. The summed E-state index contributed by atoms with van der Waals surface area (Å²) in [7, 11) is 0. The van der Waals surface area contributed by atoms with Gasteiger partial charge in [0.1, 0.15) is 5.54 Å². The van der Waals surface area contributed by atoms with Gasteiger partial charge in [-0.15, -0.1) is 12.4 Å². The molecular weight excluding hydrogens is 268 g/mol. The van der Waals surface area contributed by atoms with Crippen molar-refractivity contribution in [2.75, 3.05) is 12.3 Å². The molecule has 5 nitrogen and oxygen atoms in total. The van der Waals surface area contributed by atoms with Gasteiger partial charge in [0.15, 0.2) is 0 Å². The van der Waals surface area contributed by atoms with Crippen LogP contribution in [-0.2, 0) is 9.53 Å². The van der Waals surface area contributed by atoms with Crippen molar-refractivity contribution in [1.82, 2.24) is 5.32 Å². The highest BCUT2D eigenvalue weighted by Gasteiger charge is 2.31. The molecule has 0 bridgehead atoms. The van der Waals surface area contributed by atoms with E-state index < -0.39 is 11.5 Å². The molecule has 0 heterocycles. The molecule has 0 atom stereocenters. The fourth-order valence-electron chi connectivity index (χ4n) is 1.40. The van der Waals surface area contributed by atoms with Crippen molar-refractivity contribution in [2.24, 2.45) is 0 Å². The Balaban J connectivity index is 0.00000324. The number of esters is 1. The van der Waals surface area contributed by atoms with Gasteiger partial charge in [-0.3, -0.25) is 4.79 Å². The molecular formula is C13H19ClN2O3. The number of nitrogens with two attached hydrogens (primary N) is 1. The van der Waals surface area contributed by atoms with Crippen LogP contribution in [-0.4, -0.2) is 24.0 Å². The maximum atomic E-state index is 11.9. The van der Waals surface area contributed by atoms with E-state index in [0.717, 1.165) is 0 Å². The first-order valence-electron chi connectivity index (χ1n) is 5.72. The lowest BCUT2D eigenvalue weighted by Crippen LogP contribution is -2.50. The topological polar surface area (TPSA) is 81.4 Å². The Bertz CT molecular complexity index is 461. The van der Waals surface area contributed by atoms with E-state index >= 15 is 0 Å². The summed E-state index contributed by atoms with van der Waals surface area (Å²) in [4.78, 5) is 23.6. The van der Waals surface area contributed by atoms with Crippen LogP contribution in [0.3, 0.4) is 0 Å². The van der Waals surface area contributed by atoms with Gasteiger partial charge in [-0.05, 0) is 39.0 Å². The van der Waals surface area contributed by atoms with Crippen molar-refractivity contribution in [3.8, 4) is 0 Å². The fourth-order valence-corrected chi connectivity index (χ4v) is 1.40. The number of ether oxygens (including phenoxy) is 1. The molecule has 0 aliphatic heterocycles. The number of hydrogen-bond donors (Lipinski definition) is 2. The molecule has 0 radical (unpaired) electrons. The Hall–Kier alpha value is -1.75. The summed E-state index contributed by atoms with van der Waals surface area (Å²) < 4.78 is 4.89. The third-order valence-electron chi connectivity index (χ3n) is 2.36. The van der Waals surface area contributed by atoms with Gasteiger partial charge in [-0.25, -0.2) is 4.79 Å². The summed E-state index contributed by atoms with van der Waals surface area (Å²) >= 11 is 0. The zero-order chi connectivity index (χ0) is 13.8. The van der Waals surface area contributed by atoms with Crippen LogP contribution < -0.4 is 11.1 Å². The van der Waals surface area contributed by atoms with E-state index in [1.54, 1.807) is 45.0 Å². The number of carbonyl (C=O) groups excluding carboxylic acids is 2. The predicted octanol–water partition coefficient (Wildman–Crippen LogP) is 1.76. The average Bonchev–Trinajstić information content (AvgIpc) is 2.28. The van der Waals surface area contributed by atoms with Crippen molar-refractivity contribution >= 4 is 30.0 Å². The van der Waals surface area contributed by atoms with Gasteiger partial charge in [0.25, 0.3) is 5.91 Å². The molecule has 0 saturated carbocycles. The van der Waals surface area contributed by atoms with Crippen molar-refractivity contribution in [3.05, 3.63) is 29.8 Å². The molecule has 1 aromatic carbocycles. The second kappa shape index (κ2) is 6.99. The first-order chi connectivity index (χ1) is 8.36. The quantitative estimate of drug-likeness (QED) is 0.653. The smallest absolute Gasteiger partial charge is 0.331 e. The lowest BCUT2D eigenvalue weighted by Gasteiger charge is -2.23. The number of carbonyl (C=O) groups is 2. The molecule has 0 aliphatic carbocycles. The van der Waals surface area contributed by atoms with Gasteiger partial charge < -0.3 is 15.8 Å². The van der Waals surface area contributed by atoms with Crippen molar-refractivity contribution < 1.29 is 14.3 Å². The van der Waals surface area contributed by atoms with Crippen LogP contribution in [0, 0.1) is 0 Å². The summed E-state index contributed by atoms with van der Waals surface area (Å²) in [5.41, 5.74) is 5.43. The Morgan fingerprint density at radius 3 is 2.53 bits per heavy atom. The predicted molar refractivity (Wildman–Crippen MR) is 76.3 cm³/mol. The van der Waals surface area contributed by atoms with E-state index in [-0.39, 0.29) is 24.9 Å². The van der Waals surface area contributed by atoms with Crippen LogP contribution in [0.25, 0.3) is 0 Å². The van der Waals surface area contributed by atoms with Crippen LogP contribution in [0.5, 0.6) is 0 Å². The molecule has 106 valence electrons. The molecule has 0 saturated heterocycles. The average molecular weight is 287 g/mol. The minimum absolute atomic E-state index is 0. The van der Waals surface area contributed by atoms with E-state index in [0.29, 0.717) is 11.3 Å². The monoisotopic (exact) mass is 286 g/mol. The third-order valence-corrected chi connectivity index (χ3v) is 2.36. The number of anilines is 1. The fraction of sp³-hybridized carbons (Fsp3) is 0.385. The van der Waals surface area contributed by atoms with E-state index in [9.17, 15) is 9.59 Å². The van der Waals surface area contributed by atoms with Crippen LogP contribution in [0.1, 0.15) is 31.1 Å². The SMILES string of the molecule is CCOC(=O)C(C)(C)NC(=O)c1cccc(N)c1.Cl. The summed E-state index contributed by atoms with van der Waals surface area (Å²) in [6.45, 7) is 5.18. The van der Waals surface area contributed by atoms with Crippen LogP contribution in [0.4, 0.5) is 5.69 Å². The molecule has 0 fully saturated rings. The zero-order valence-corrected chi connectivity index (χ0v) is 12.0. The van der Waals surface area contributed by atoms with Crippen molar-refractivity contribution in [2.45, 2.75) is 26.3 Å². The van der Waals surface area contributed by atoms with Gasteiger partial charge in [0, 0.05) is 11.3 Å². The molecule has 1 rings (SSSR count). The van der Waals surface area contributed by atoms with Crippen molar-refractivity contribution in [3.63, 3.8) is 0 Å². The van der Waals surface area contributed by atoms with Gasteiger partial charge in [-0.1, -0.05) is 6.07 Å². The number of rotatable bonds is 4. The second-order valence-corrected chi connectivity index (χ2v) is 4.43. The van der Waals surface area contributed by atoms with Crippen LogP contribution in [0.2, 0.25) is 0 Å². The van der Waals surface area contributed by atoms with E-state index in [2.05, 4.69) is 5.32 Å². The number of nitrogens with one attached hydrogen (secondary N) is 1. The van der Waals surface area contributed by atoms with Crippen LogP contribution in [0.15, 0.2) is 24.3 Å². The molecule has 19 heavy (non-hydrogen) atoms. The molecule has 0 aromatic heterocycles. The molecule has 6 heteroatoms. The number of hydrogen-bond acceptors (Lipinski definition) is 4. The Labute approximate surface area is 118 Å². The minimum Gasteiger partial charge on any atom is -0.464 e. The molecule has 1 amide bonds. The Kier molecular flexibility index (Phi) is 6.35. The molecule has 3 N–H and O–H groups in total. The highest BCUT2D eigenvalue weighted by Crippen LogP contribution is 2.10. The minimum atomic E-state index is -1.07. The number of halogens is 1. The van der Waals surface area contributed by atoms with E-state index in [1.165, 1.54) is 0 Å². The second-order valence-electron chi connectivity index (χ2n) is 4.43. The lowest BCUT2D eigenvalue weighted by molar-refractivity contribution is -0.149. The van der Waals surface area contributed by atoms with Crippen molar-refractivity contribution in [1.29, 1.82) is 0 Å². The highest BCUT2D eigenvalue weighted by atomic mass is 35.5. The van der Waals surface area contributed by atoms with Gasteiger partial charge in [0.2, 0.25) is 0 Å². The van der Waals surface area contributed by atoms with E-state index in [4.69, 9.17) is 10.5 Å². The summed E-state index contributed by atoms with van der Waals surface area (Å²) in [6, 6.07) is 6.55. The zero-order valence-electron chi connectivity index (χ0n) is 11.2. The molecule has 0 aliphatic rings. The highest BCUT2D eigenvalue weighted by molar-refractivity contribution is 5.98.